The second kappa shape index (κ2) is 3.72. The first-order chi connectivity index (χ1) is 6.79. The Bertz CT molecular complexity index is 303. The van der Waals surface area contributed by atoms with Gasteiger partial charge in [0.1, 0.15) is 0 Å². The summed E-state index contributed by atoms with van der Waals surface area (Å²) in [5, 5.41) is 2.64. The summed E-state index contributed by atoms with van der Waals surface area (Å²) >= 11 is 0. The fourth-order valence-electron chi connectivity index (χ4n) is 1.15. The zero-order chi connectivity index (χ0) is 11.5. The molecular weight excluding hydrogens is 146 g/mol. The molecule has 0 aliphatic rings. The van der Waals surface area contributed by atoms with Crippen molar-refractivity contribution < 1.29 is 4.11 Å². The topological polar surface area (TPSA) is 12.0 Å². The van der Waals surface area contributed by atoms with E-state index in [4.69, 9.17) is 4.11 Å². The quantitative estimate of drug-likeness (QED) is 0.726. The van der Waals surface area contributed by atoms with Gasteiger partial charge in [0, 0.05) is 9.65 Å². The van der Waals surface area contributed by atoms with E-state index in [2.05, 4.69) is 5.32 Å². The molecular formula is C11H17N. The molecule has 0 spiro atoms. The van der Waals surface area contributed by atoms with Crippen molar-refractivity contribution in [2.24, 2.45) is 0 Å². The average molecular weight is 166 g/mol. The summed E-state index contributed by atoms with van der Waals surface area (Å²) in [5.41, 5.74) is 0.714. The highest BCUT2D eigenvalue weighted by atomic mass is 14.9. The fourth-order valence-corrected chi connectivity index (χ4v) is 1.15. The molecule has 0 heterocycles. The first kappa shape index (κ1) is 5.76. The molecule has 0 radical (unpaired) electrons. The lowest BCUT2D eigenvalue weighted by atomic mass is 9.95. The SMILES string of the molecule is [2H]C([2H])([2H])NC(C)(C)Cc1ccccc1. The van der Waals surface area contributed by atoms with Crippen molar-refractivity contribution in [2.45, 2.75) is 25.8 Å². The van der Waals surface area contributed by atoms with Crippen LogP contribution in [0, 0.1) is 0 Å². The Kier molecular flexibility index (Phi) is 1.79. The maximum atomic E-state index is 7.18. The maximum Gasteiger partial charge on any atom is 0.0392 e. The summed E-state index contributed by atoms with van der Waals surface area (Å²) in [6.45, 7) is 1.71. The van der Waals surface area contributed by atoms with Gasteiger partial charge in [-0.05, 0) is 32.8 Å². The zero-order valence-electron chi connectivity index (χ0n) is 10.6. The van der Waals surface area contributed by atoms with Crippen LogP contribution in [0.3, 0.4) is 0 Å². The normalized spacial score (nSPS) is 16.3. The van der Waals surface area contributed by atoms with Gasteiger partial charge in [-0.15, -0.1) is 0 Å². The van der Waals surface area contributed by atoms with Crippen LogP contribution in [0.15, 0.2) is 30.3 Å². The average Bonchev–Trinajstić information content (AvgIpc) is 1.99. The highest BCUT2D eigenvalue weighted by Gasteiger charge is 2.14. The van der Waals surface area contributed by atoms with Crippen LogP contribution in [0.25, 0.3) is 0 Å². The molecule has 0 aromatic heterocycles. The van der Waals surface area contributed by atoms with Crippen LogP contribution in [0.4, 0.5) is 0 Å². The van der Waals surface area contributed by atoms with Gasteiger partial charge in [-0.2, -0.15) is 0 Å². The molecule has 12 heavy (non-hydrogen) atoms. The van der Waals surface area contributed by atoms with Gasteiger partial charge in [-0.25, -0.2) is 0 Å². The second-order valence-electron chi connectivity index (χ2n) is 3.67. The van der Waals surface area contributed by atoms with Gasteiger partial charge in [0.25, 0.3) is 0 Å². The smallest absolute Gasteiger partial charge is 0.0392 e. The lowest BCUT2D eigenvalue weighted by Crippen LogP contribution is -2.38. The predicted octanol–water partition coefficient (Wildman–Crippen LogP) is 2.23. The van der Waals surface area contributed by atoms with Crippen LogP contribution >= 0.6 is 0 Å². The summed E-state index contributed by atoms with van der Waals surface area (Å²) < 4.78 is 21.5. The molecule has 0 fully saturated rings. The number of benzene rings is 1. The van der Waals surface area contributed by atoms with Crippen molar-refractivity contribution in [1.29, 1.82) is 0 Å². The molecule has 0 aliphatic heterocycles. The van der Waals surface area contributed by atoms with Crippen LogP contribution in [-0.4, -0.2) is 12.5 Å². The number of rotatable bonds is 3. The fraction of sp³-hybridized carbons (Fsp3) is 0.455. The van der Waals surface area contributed by atoms with Crippen LogP contribution < -0.4 is 5.32 Å². The lowest BCUT2D eigenvalue weighted by Gasteiger charge is -2.23. The third-order valence-electron chi connectivity index (χ3n) is 1.83. The number of hydrogen-bond acceptors (Lipinski definition) is 1. The summed E-state index contributed by atoms with van der Waals surface area (Å²) in [6.07, 6.45) is 0.701. The van der Waals surface area contributed by atoms with Gasteiger partial charge in [0.05, 0.1) is 0 Å². The van der Waals surface area contributed by atoms with Crippen LogP contribution in [-0.2, 0) is 6.42 Å². The largest absolute Gasteiger partial charge is 0.314 e. The number of nitrogens with one attached hydrogen (secondary N) is 1. The Balaban J connectivity index is 2.65. The molecule has 0 amide bonds. The monoisotopic (exact) mass is 166 g/mol. The van der Waals surface area contributed by atoms with Crippen molar-refractivity contribution in [3.8, 4) is 0 Å². The molecule has 0 saturated heterocycles. The van der Waals surface area contributed by atoms with E-state index in [1.165, 1.54) is 0 Å². The summed E-state index contributed by atoms with van der Waals surface area (Å²) in [6, 6.07) is 9.88. The molecule has 1 nitrogen and oxygen atoms in total. The van der Waals surface area contributed by atoms with E-state index in [1.807, 2.05) is 44.2 Å². The molecule has 0 atom stereocenters. The van der Waals surface area contributed by atoms with Gasteiger partial charge in [0.2, 0.25) is 0 Å². The van der Waals surface area contributed by atoms with Gasteiger partial charge in [-0.3, -0.25) is 0 Å². The van der Waals surface area contributed by atoms with Gasteiger partial charge >= 0.3 is 0 Å². The van der Waals surface area contributed by atoms with Crippen molar-refractivity contribution in [3.05, 3.63) is 35.9 Å². The Morgan fingerprint density at radius 2 is 2.00 bits per heavy atom. The van der Waals surface area contributed by atoms with Crippen molar-refractivity contribution in [2.75, 3.05) is 6.98 Å². The molecule has 0 aliphatic carbocycles. The Hall–Kier alpha value is -0.820. The second-order valence-corrected chi connectivity index (χ2v) is 3.67. The van der Waals surface area contributed by atoms with Gasteiger partial charge < -0.3 is 5.32 Å². The van der Waals surface area contributed by atoms with E-state index in [0.29, 0.717) is 6.42 Å². The van der Waals surface area contributed by atoms with E-state index in [-0.39, 0.29) is 0 Å². The van der Waals surface area contributed by atoms with E-state index in [0.717, 1.165) is 5.56 Å². The van der Waals surface area contributed by atoms with Gasteiger partial charge in [0.15, 0.2) is 0 Å². The van der Waals surface area contributed by atoms with Crippen molar-refractivity contribution in [3.63, 3.8) is 0 Å². The Morgan fingerprint density at radius 1 is 1.33 bits per heavy atom. The molecule has 1 N–H and O–H groups in total. The minimum absolute atomic E-state index is 0.424. The molecule has 0 unspecified atom stereocenters. The third-order valence-corrected chi connectivity index (χ3v) is 1.83. The lowest BCUT2D eigenvalue weighted by molar-refractivity contribution is 0.422. The molecule has 1 rings (SSSR count). The highest BCUT2D eigenvalue weighted by molar-refractivity contribution is 5.17. The molecule has 66 valence electrons. The standard InChI is InChI=1S/C11H17N/c1-11(2,12-3)9-10-7-5-4-6-8-10/h4-8,12H,9H2,1-3H3/i3D3. The molecule has 1 aromatic rings. The predicted molar refractivity (Wildman–Crippen MR) is 53.3 cm³/mol. The summed E-state index contributed by atoms with van der Waals surface area (Å²) in [4.78, 5) is 0. The minimum atomic E-state index is -2.09. The molecule has 1 aromatic carbocycles. The van der Waals surface area contributed by atoms with Crippen LogP contribution in [0.2, 0.25) is 0 Å². The number of hydrogen-bond donors (Lipinski definition) is 1. The van der Waals surface area contributed by atoms with Crippen molar-refractivity contribution >= 4 is 0 Å². The van der Waals surface area contributed by atoms with E-state index in [9.17, 15) is 0 Å². The van der Waals surface area contributed by atoms with E-state index >= 15 is 0 Å². The minimum Gasteiger partial charge on any atom is -0.314 e. The number of likely N-dealkylation sites (N-methyl/N-ethyl adjacent to an activating group) is 1. The van der Waals surface area contributed by atoms with Gasteiger partial charge in [-0.1, -0.05) is 30.3 Å². The Morgan fingerprint density at radius 3 is 2.58 bits per heavy atom. The first-order valence-corrected chi connectivity index (χ1v) is 4.12. The van der Waals surface area contributed by atoms with E-state index in [1.54, 1.807) is 0 Å². The molecule has 1 heteroatoms. The van der Waals surface area contributed by atoms with Crippen molar-refractivity contribution in [1.82, 2.24) is 5.32 Å². The zero-order valence-corrected chi connectivity index (χ0v) is 7.59. The Labute approximate surface area is 79.0 Å². The third kappa shape index (κ3) is 2.67. The maximum absolute atomic E-state index is 7.18. The first-order valence-electron chi connectivity index (χ1n) is 5.62. The van der Waals surface area contributed by atoms with E-state index < -0.39 is 12.5 Å². The highest BCUT2D eigenvalue weighted by Crippen LogP contribution is 2.10. The molecule has 0 bridgehead atoms. The summed E-state index contributed by atoms with van der Waals surface area (Å²) in [7, 11) is 0. The van der Waals surface area contributed by atoms with Crippen LogP contribution in [0.1, 0.15) is 23.5 Å². The van der Waals surface area contributed by atoms with Crippen LogP contribution in [0.5, 0.6) is 0 Å². The summed E-state index contributed by atoms with van der Waals surface area (Å²) in [5.74, 6) is 0. The molecule has 0 saturated carbocycles.